The topological polar surface area (TPSA) is 15.6 Å². The molecule has 0 saturated carbocycles. The summed E-state index contributed by atoms with van der Waals surface area (Å²) in [6.07, 6.45) is -1.96. The van der Waals surface area contributed by atoms with Crippen LogP contribution >= 0.6 is 0 Å². The number of hydrogen-bond acceptors (Lipinski definition) is 2. The van der Waals surface area contributed by atoms with Crippen molar-refractivity contribution in [2.45, 2.75) is 12.2 Å². The van der Waals surface area contributed by atoms with E-state index in [1.165, 1.54) is 7.05 Å². The molecule has 1 heterocycles. The van der Waals surface area contributed by atoms with Crippen molar-refractivity contribution in [1.82, 2.24) is 4.90 Å². The predicted octanol–water partition coefficient (Wildman–Crippen LogP) is 0.768. The second-order valence-corrected chi connectivity index (χ2v) is 2.11. The zero-order valence-electron chi connectivity index (χ0n) is 5.31. The van der Waals surface area contributed by atoms with Gasteiger partial charge in [-0.1, -0.05) is 0 Å². The molecule has 0 saturated heterocycles. The fourth-order valence-electron chi connectivity index (χ4n) is 0.754. The Kier molecular flexibility index (Phi) is 1.58. The quantitative estimate of drug-likeness (QED) is 0.499. The third-order valence-electron chi connectivity index (χ3n) is 1.34. The molecule has 1 aliphatic heterocycles. The third kappa shape index (κ3) is 1.22. The Morgan fingerprint density at radius 2 is 2.20 bits per heavy atom. The maximum absolute atomic E-state index is 11.9. The summed E-state index contributed by atoms with van der Waals surface area (Å²) in [6, 6.07) is -1.47. The van der Waals surface area contributed by atoms with E-state index in [4.69, 9.17) is 0 Å². The average molecular weight is 151 g/mol. The molecule has 0 aromatic carbocycles. The Morgan fingerprint density at radius 3 is 2.40 bits per heavy atom. The minimum atomic E-state index is -4.18. The minimum Gasteiger partial charge on any atom is -0.343 e. The van der Waals surface area contributed by atoms with E-state index in [2.05, 4.69) is 11.3 Å². The van der Waals surface area contributed by atoms with Crippen LogP contribution in [0.3, 0.4) is 0 Å². The van der Waals surface area contributed by atoms with Gasteiger partial charge in [0, 0.05) is 7.05 Å². The van der Waals surface area contributed by atoms with Gasteiger partial charge in [0.25, 0.3) is 0 Å². The number of rotatable bonds is 0. The first-order valence-electron chi connectivity index (χ1n) is 2.73. The summed E-state index contributed by atoms with van der Waals surface area (Å²) in [5.74, 6) is 0. The van der Waals surface area contributed by atoms with Crippen molar-refractivity contribution >= 4 is 6.34 Å². The van der Waals surface area contributed by atoms with E-state index in [1.54, 1.807) is 0 Å². The highest BCUT2D eigenvalue weighted by molar-refractivity contribution is 5.57. The van der Waals surface area contributed by atoms with Crippen molar-refractivity contribution < 1.29 is 13.2 Å². The van der Waals surface area contributed by atoms with Crippen LogP contribution < -0.4 is 0 Å². The molecule has 1 unspecified atom stereocenters. The van der Waals surface area contributed by atoms with Crippen molar-refractivity contribution in [3.05, 3.63) is 0 Å². The summed E-state index contributed by atoms with van der Waals surface area (Å²) in [4.78, 5) is 4.31. The Balaban J connectivity index is 2.60. The molecule has 0 spiro atoms. The Labute approximate surface area is 56.3 Å². The van der Waals surface area contributed by atoms with Crippen molar-refractivity contribution in [3.8, 4) is 0 Å². The van der Waals surface area contributed by atoms with Gasteiger partial charge in [-0.05, 0) is 0 Å². The van der Waals surface area contributed by atoms with Gasteiger partial charge in [0.15, 0.2) is 6.34 Å². The first kappa shape index (κ1) is 7.37. The zero-order valence-corrected chi connectivity index (χ0v) is 5.31. The molecule has 0 bridgehead atoms. The van der Waals surface area contributed by atoms with Crippen LogP contribution in [0.5, 0.6) is 0 Å². The molecule has 1 atom stereocenters. The van der Waals surface area contributed by atoms with Crippen LogP contribution in [0.15, 0.2) is 4.99 Å². The first-order chi connectivity index (χ1) is 4.52. The summed E-state index contributed by atoms with van der Waals surface area (Å²) < 4.78 is 35.6. The molecule has 1 radical (unpaired) electrons. The second kappa shape index (κ2) is 2.14. The summed E-state index contributed by atoms with van der Waals surface area (Å²) >= 11 is 0. The van der Waals surface area contributed by atoms with E-state index in [-0.39, 0.29) is 6.54 Å². The van der Waals surface area contributed by atoms with Crippen LogP contribution in [0.2, 0.25) is 0 Å². The maximum atomic E-state index is 11.9. The van der Waals surface area contributed by atoms with E-state index in [9.17, 15) is 13.2 Å². The molecule has 57 valence electrons. The molecule has 0 N–H and O–H groups in total. The SMILES string of the molecule is CN1[C]=NCC1C(F)(F)F. The van der Waals surface area contributed by atoms with Gasteiger partial charge < -0.3 is 4.90 Å². The molecule has 0 amide bonds. The summed E-state index contributed by atoms with van der Waals surface area (Å²) in [5.41, 5.74) is 0. The van der Waals surface area contributed by atoms with Gasteiger partial charge in [0.2, 0.25) is 0 Å². The molecule has 0 aliphatic carbocycles. The monoisotopic (exact) mass is 151 g/mol. The van der Waals surface area contributed by atoms with Crippen LogP contribution in [-0.4, -0.2) is 37.0 Å². The Bertz CT molecular complexity index is 151. The lowest BCUT2D eigenvalue weighted by Crippen LogP contribution is -2.41. The molecular weight excluding hydrogens is 145 g/mol. The molecule has 1 rings (SSSR count). The van der Waals surface area contributed by atoms with Crippen molar-refractivity contribution in [3.63, 3.8) is 0 Å². The molecule has 0 fully saturated rings. The fraction of sp³-hybridized carbons (Fsp3) is 0.800. The number of hydrogen-bond donors (Lipinski definition) is 0. The van der Waals surface area contributed by atoms with E-state index in [1.807, 2.05) is 0 Å². The number of nitrogens with zero attached hydrogens (tertiary/aromatic N) is 2. The second-order valence-electron chi connectivity index (χ2n) is 2.11. The highest BCUT2D eigenvalue weighted by atomic mass is 19.4. The first-order valence-corrected chi connectivity index (χ1v) is 2.73. The summed E-state index contributed by atoms with van der Waals surface area (Å²) in [6.45, 7) is -0.222. The van der Waals surface area contributed by atoms with E-state index in [0.717, 1.165) is 4.90 Å². The normalized spacial score (nSPS) is 26.0. The van der Waals surface area contributed by atoms with Crippen LogP contribution in [-0.2, 0) is 0 Å². The lowest BCUT2D eigenvalue weighted by atomic mass is 10.3. The molecule has 2 nitrogen and oxygen atoms in total. The largest absolute Gasteiger partial charge is 0.410 e. The van der Waals surface area contributed by atoms with Gasteiger partial charge in [-0.15, -0.1) is 0 Å². The average Bonchev–Trinajstić information content (AvgIpc) is 2.11. The summed E-state index contributed by atoms with van der Waals surface area (Å²) in [7, 11) is 1.31. The minimum absolute atomic E-state index is 0.222. The van der Waals surface area contributed by atoms with Crippen LogP contribution in [0.4, 0.5) is 13.2 Å². The lowest BCUT2D eigenvalue weighted by molar-refractivity contribution is -0.164. The van der Waals surface area contributed by atoms with E-state index >= 15 is 0 Å². The molecule has 1 aliphatic rings. The molecule has 10 heavy (non-hydrogen) atoms. The van der Waals surface area contributed by atoms with Crippen LogP contribution in [0.1, 0.15) is 0 Å². The Morgan fingerprint density at radius 1 is 1.60 bits per heavy atom. The Hall–Kier alpha value is -0.740. The third-order valence-corrected chi connectivity index (χ3v) is 1.34. The fourth-order valence-corrected chi connectivity index (χ4v) is 0.754. The van der Waals surface area contributed by atoms with Crippen LogP contribution in [0.25, 0.3) is 0 Å². The number of halogens is 3. The zero-order chi connectivity index (χ0) is 7.78. The number of alkyl halides is 3. The number of likely N-dealkylation sites (N-methyl/N-ethyl adjacent to an activating group) is 1. The van der Waals surface area contributed by atoms with Gasteiger partial charge in [-0.3, -0.25) is 4.99 Å². The van der Waals surface area contributed by atoms with Crippen molar-refractivity contribution in [1.29, 1.82) is 0 Å². The highest BCUT2D eigenvalue weighted by Crippen LogP contribution is 2.25. The molecular formula is C5H6F3N2. The van der Waals surface area contributed by atoms with Gasteiger partial charge in [-0.2, -0.15) is 13.2 Å². The van der Waals surface area contributed by atoms with Crippen molar-refractivity contribution in [2.24, 2.45) is 4.99 Å². The van der Waals surface area contributed by atoms with E-state index in [0.29, 0.717) is 0 Å². The predicted molar refractivity (Wildman–Crippen MR) is 29.9 cm³/mol. The van der Waals surface area contributed by atoms with Gasteiger partial charge >= 0.3 is 6.18 Å². The molecule has 0 aromatic rings. The number of aliphatic imine (C=N–C) groups is 1. The van der Waals surface area contributed by atoms with Gasteiger partial charge in [-0.25, -0.2) is 0 Å². The highest BCUT2D eigenvalue weighted by Gasteiger charge is 2.43. The van der Waals surface area contributed by atoms with Crippen molar-refractivity contribution in [2.75, 3.05) is 13.6 Å². The van der Waals surface area contributed by atoms with Gasteiger partial charge in [0.05, 0.1) is 6.54 Å². The summed E-state index contributed by atoms with van der Waals surface area (Å²) in [5, 5.41) is 0. The smallest absolute Gasteiger partial charge is 0.343 e. The van der Waals surface area contributed by atoms with E-state index < -0.39 is 12.2 Å². The van der Waals surface area contributed by atoms with Crippen LogP contribution in [0, 0.1) is 0 Å². The standard InChI is InChI=1S/C5H6F3N2/c1-10-3-9-2-4(10)5(6,7)8/h4H,2H2,1H3. The molecule has 5 heteroatoms. The maximum Gasteiger partial charge on any atom is 0.410 e. The van der Waals surface area contributed by atoms with Gasteiger partial charge in [0.1, 0.15) is 6.04 Å². The lowest BCUT2D eigenvalue weighted by Gasteiger charge is -2.20. The molecule has 0 aromatic heterocycles.